The normalized spacial score (nSPS) is 30.3. The molecule has 0 amide bonds. The summed E-state index contributed by atoms with van der Waals surface area (Å²) in [6.45, 7) is 1.55. The molecule has 2 rings (SSSR count). The van der Waals surface area contributed by atoms with Gasteiger partial charge in [-0.1, -0.05) is 30.7 Å². The molecule has 0 aromatic heterocycles. The van der Waals surface area contributed by atoms with Gasteiger partial charge in [-0.25, -0.2) is 8.42 Å². The molecule has 19 heavy (non-hydrogen) atoms. The van der Waals surface area contributed by atoms with E-state index in [1.54, 1.807) is 31.2 Å². The average molecular weight is 304 g/mol. The molecule has 0 aliphatic heterocycles. The van der Waals surface area contributed by atoms with Crippen molar-refractivity contribution in [2.75, 3.05) is 18.9 Å². The lowest BCUT2D eigenvalue weighted by Crippen LogP contribution is -2.28. The third-order valence-corrected chi connectivity index (χ3v) is 6.64. The number of nitrogens with two attached hydrogens (primary N) is 1. The van der Waals surface area contributed by atoms with E-state index in [1.165, 1.54) is 0 Å². The van der Waals surface area contributed by atoms with Crippen LogP contribution in [0.15, 0.2) is 24.3 Å². The van der Waals surface area contributed by atoms with Gasteiger partial charge in [0, 0.05) is 28.7 Å². The fraction of sp³-hybridized carbons (Fsp3) is 0.538. The maximum absolute atomic E-state index is 12.2. The minimum Gasteiger partial charge on any atom is -0.396 e. The third-order valence-electron chi connectivity index (χ3n) is 4.07. The second kappa shape index (κ2) is 5.05. The van der Waals surface area contributed by atoms with Crippen LogP contribution in [0.2, 0.25) is 5.02 Å². The number of hydrogen-bond donors (Lipinski definition) is 2. The number of aliphatic hydroxyl groups is 1. The quantitative estimate of drug-likeness (QED) is 0.856. The molecule has 0 bridgehead atoms. The SMILES string of the molecule is CCS(=O)(=O)[C@@H]1[C@@H](c2ccc(Cl)cc2)[C@]1(CN)CO. The van der Waals surface area contributed by atoms with Gasteiger partial charge in [0.1, 0.15) is 0 Å². The topological polar surface area (TPSA) is 80.4 Å². The van der Waals surface area contributed by atoms with Crippen LogP contribution in [0.25, 0.3) is 0 Å². The second-order valence-electron chi connectivity index (χ2n) is 5.00. The van der Waals surface area contributed by atoms with Crippen molar-refractivity contribution in [3.8, 4) is 0 Å². The van der Waals surface area contributed by atoms with Gasteiger partial charge >= 0.3 is 0 Å². The minimum absolute atomic E-state index is 0.0590. The van der Waals surface area contributed by atoms with Gasteiger partial charge in [-0.3, -0.25) is 0 Å². The van der Waals surface area contributed by atoms with Crippen molar-refractivity contribution < 1.29 is 13.5 Å². The first kappa shape index (κ1) is 14.8. The number of hydrogen-bond acceptors (Lipinski definition) is 4. The van der Waals surface area contributed by atoms with E-state index >= 15 is 0 Å². The summed E-state index contributed by atoms with van der Waals surface area (Å²) >= 11 is 5.84. The lowest BCUT2D eigenvalue weighted by atomic mass is 10.0. The summed E-state index contributed by atoms with van der Waals surface area (Å²) in [5, 5.41) is 9.60. The molecular weight excluding hydrogens is 286 g/mol. The molecular formula is C13H18ClNO3S. The summed E-state index contributed by atoms with van der Waals surface area (Å²) in [5.74, 6) is -0.187. The molecule has 0 saturated heterocycles. The maximum atomic E-state index is 12.2. The van der Waals surface area contributed by atoms with Gasteiger partial charge in [0.2, 0.25) is 0 Å². The standard InChI is InChI=1S/C13H18ClNO3S/c1-2-19(17,18)12-11(13(12,7-15)8-16)9-3-5-10(14)6-4-9/h3-6,11-12,16H,2,7-8,15H2,1H3/t11-,12-,13+/m1/s1. The van der Waals surface area contributed by atoms with E-state index in [9.17, 15) is 13.5 Å². The molecule has 1 aromatic carbocycles. The predicted molar refractivity (Wildman–Crippen MR) is 76.0 cm³/mol. The zero-order valence-corrected chi connectivity index (χ0v) is 12.3. The largest absolute Gasteiger partial charge is 0.396 e. The van der Waals surface area contributed by atoms with E-state index in [0.29, 0.717) is 5.02 Å². The van der Waals surface area contributed by atoms with Crippen LogP contribution in [-0.4, -0.2) is 37.7 Å². The molecule has 1 aliphatic rings. The summed E-state index contributed by atoms with van der Waals surface area (Å²) in [5.41, 5.74) is 5.85. The lowest BCUT2D eigenvalue weighted by molar-refractivity contribution is 0.212. The van der Waals surface area contributed by atoms with Crippen LogP contribution in [-0.2, 0) is 9.84 Å². The van der Waals surface area contributed by atoms with Crippen molar-refractivity contribution in [3.63, 3.8) is 0 Å². The number of sulfone groups is 1. The first-order valence-electron chi connectivity index (χ1n) is 6.21. The number of halogens is 1. The van der Waals surface area contributed by atoms with E-state index in [-0.39, 0.29) is 24.8 Å². The molecule has 0 unspecified atom stereocenters. The zero-order valence-electron chi connectivity index (χ0n) is 10.7. The molecule has 6 heteroatoms. The smallest absolute Gasteiger partial charge is 0.154 e. The third kappa shape index (κ3) is 2.29. The van der Waals surface area contributed by atoms with Gasteiger partial charge in [0.15, 0.2) is 9.84 Å². The Kier molecular flexibility index (Phi) is 3.93. The average Bonchev–Trinajstić information content (AvgIpc) is 3.10. The predicted octanol–water partition coefficient (Wildman–Crippen LogP) is 1.18. The Bertz CT molecular complexity index is 552. The molecule has 0 heterocycles. The van der Waals surface area contributed by atoms with Crippen LogP contribution in [0.3, 0.4) is 0 Å². The Morgan fingerprint density at radius 3 is 2.37 bits per heavy atom. The first-order chi connectivity index (χ1) is 8.93. The van der Waals surface area contributed by atoms with Crippen LogP contribution in [0, 0.1) is 5.41 Å². The van der Waals surface area contributed by atoms with Crippen molar-refractivity contribution in [1.82, 2.24) is 0 Å². The Morgan fingerprint density at radius 2 is 1.95 bits per heavy atom. The van der Waals surface area contributed by atoms with Gasteiger partial charge in [-0.15, -0.1) is 0 Å². The second-order valence-corrected chi connectivity index (χ2v) is 7.84. The Morgan fingerprint density at radius 1 is 1.37 bits per heavy atom. The van der Waals surface area contributed by atoms with Gasteiger partial charge in [0.05, 0.1) is 11.9 Å². The van der Waals surface area contributed by atoms with E-state index in [0.717, 1.165) is 5.56 Å². The highest BCUT2D eigenvalue weighted by atomic mass is 35.5. The van der Waals surface area contributed by atoms with Crippen molar-refractivity contribution in [2.45, 2.75) is 18.1 Å². The summed E-state index contributed by atoms with van der Waals surface area (Å²) in [7, 11) is -3.24. The Hall–Kier alpha value is -0.620. The Balaban J connectivity index is 2.42. The lowest BCUT2D eigenvalue weighted by Gasteiger charge is -2.11. The molecule has 1 saturated carbocycles. The zero-order chi connectivity index (χ0) is 14.3. The van der Waals surface area contributed by atoms with Gasteiger partial charge in [-0.2, -0.15) is 0 Å². The van der Waals surface area contributed by atoms with Gasteiger partial charge < -0.3 is 10.8 Å². The summed E-state index contributed by atoms with van der Waals surface area (Å²) < 4.78 is 24.3. The first-order valence-corrected chi connectivity index (χ1v) is 8.30. The van der Waals surface area contributed by atoms with Crippen molar-refractivity contribution in [1.29, 1.82) is 0 Å². The van der Waals surface area contributed by atoms with Gasteiger partial charge in [0.25, 0.3) is 0 Å². The number of aliphatic hydroxyl groups excluding tert-OH is 1. The molecule has 1 fully saturated rings. The fourth-order valence-corrected chi connectivity index (χ4v) is 5.15. The van der Waals surface area contributed by atoms with Crippen molar-refractivity contribution in [2.24, 2.45) is 11.1 Å². The molecule has 3 atom stereocenters. The Labute approximate surface area is 118 Å². The van der Waals surface area contributed by atoms with Crippen LogP contribution in [0.5, 0.6) is 0 Å². The van der Waals surface area contributed by atoms with Crippen molar-refractivity contribution in [3.05, 3.63) is 34.9 Å². The van der Waals surface area contributed by atoms with E-state index < -0.39 is 20.5 Å². The van der Waals surface area contributed by atoms with E-state index in [1.807, 2.05) is 0 Å². The molecule has 0 radical (unpaired) electrons. The molecule has 3 N–H and O–H groups in total. The monoisotopic (exact) mass is 303 g/mol. The number of benzene rings is 1. The maximum Gasteiger partial charge on any atom is 0.154 e. The summed E-state index contributed by atoms with van der Waals surface area (Å²) in [6, 6.07) is 7.06. The van der Waals surface area contributed by atoms with Crippen LogP contribution in [0.1, 0.15) is 18.4 Å². The van der Waals surface area contributed by atoms with Crippen LogP contribution >= 0.6 is 11.6 Å². The highest BCUT2D eigenvalue weighted by Gasteiger charge is 2.69. The molecule has 1 aromatic rings. The van der Waals surface area contributed by atoms with E-state index in [2.05, 4.69) is 0 Å². The fourth-order valence-electron chi connectivity index (χ4n) is 2.87. The molecule has 1 aliphatic carbocycles. The molecule has 4 nitrogen and oxygen atoms in total. The highest BCUT2D eigenvalue weighted by molar-refractivity contribution is 7.92. The highest BCUT2D eigenvalue weighted by Crippen LogP contribution is 2.62. The molecule has 0 spiro atoms. The van der Waals surface area contributed by atoms with Crippen LogP contribution < -0.4 is 5.73 Å². The van der Waals surface area contributed by atoms with Crippen LogP contribution in [0.4, 0.5) is 0 Å². The van der Waals surface area contributed by atoms with E-state index in [4.69, 9.17) is 17.3 Å². The van der Waals surface area contributed by atoms with Gasteiger partial charge in [-0.05, 0) is 17.7 Å². The number of rotatable bonds is 5. The van der Waals surface area contributed by atoms with Crippen molar-refractivity contribution >= 4 is 21.4 Å². The summed E-state index contributed by atoms with van der Waals surface area (Å²) in [6.07, 6.45) is 0. The minimum atomic E-state index is -3.24. The molecule has 106 valence electrons. The summed E-state index contributed by atoms with van der Waals surface area (Å²) in [4.78, 5) is 0.